The molecule has 5 aromatic rings. The minimum absolute atomic E-state index is 0. The van der Waals surface area contributed by atoms with Gasteiger partial charge in [0.25, 0.3) is 0 Å². The Hall–Kier alpha value is -2.20. The molecule has 5 aromatic carbocycles. The molecule has 0 heterocycles. The first-order valence-corrected chi connectivity index (χ1v) is 17.8. The van der Waals surface area contributed by atoms with E-state index < -0.39 is 21.2 Å². The molecule has 148 valence electrons. The Bertz CT molecular complexity index is 954. The van der Waals surface area contributed by atoms with Crippen LogP contribution in [0.5, 0.6) is 0 Å². The van der Waals surface area contributed by atoms with Crippen LogP contribution >= 0.6 is 0 Å². The average molecular weight is 624 g/mol. The fraction of sp³-hybridized carbons (Fsp3) is 0. The van der Waals surface area contributed by atoms with Crippen LogP contribution in [-0.2, 0) is 17.1 Å². The van der Waals surface area contributed by atoms with Crippen molar-refractivity contribution in [3.63, 3.8) is 0 Å². The monoisotopic (exact) mass is 624 g/mol. The Balaban J connectivity index is 0.000000376. The zero-order valence-corrected chi connectivity index (χ0v) is 21.7. The molecule has 0 aliphatic heterocycles. The van der Waals surface area contributed by atoms with E-state index in [-0.39, 0.29) is 17.1 Å². The zero-order valence-electron chi connectivity index (χ0n) is 16.7. The van der Waals surface area contributed by atoms with E-state index in [2.05, 4.69) is 115 Å². The molecule has 2 heteroatoms. The van der Waals surface area contributed by atoms with Gasteiger partial charge >= 0.3 is 166 Å². The van der Waals surface area contributed by atoms with Gasteiger partial charge in [-0.15, -0.1) is 0 Å². The summed E-state index contributed by atoms with van der Waals surface area (Å²) in [6.45, 7) is 0. The van der Waals surface area contributed by atoms with Crippen molar-refractivity contribution in [1.82, 2.24) is 0 Å². The molecule has 0 bridgehead atoms. The summed E-state index contributed by atoms with van der Waals surface area (Å²) in [5.74, 6) is 0. The maximum atomic E-state index is 2.33. The van der Waals surface area contributed by atoms with Crippen LogP contribution in [0, 0.1) is 0 Å². The van der Waals surface area contributed by atoms with Crippen LogP contribution in [0.3, 0.4) is 0 Å². The summed E-state index contributed by atoms with van der Waals surface area (Å²) in [6.07, 6.45) is 0. The van der Waals surface area contributed by atoms with Crippen LogP contribution < -0.4 is 12.5 Å². The number of hydrogen-bond acceptors (Lipinski definition) is 0. The Kier molecular flexibility index (Phi) is 8.44. The normalized spacial score (nSPS) is 10.4. The van der Waals surface area contributed by atoms with Crippen LogP contribution in [0.2, 0.25) is 0 Å². The van der Waals surface area contributed by atoms with E-state index in [0.717, 1.165) is 0 Å². The van der Waals surface area contributed by atoms with Crippen molar-refractivity contribution in [2.24, 2.45) is 0 Å². The van der Waals surface area contributed by atoms with Crippen molar-refractivity contribution in [3.05, 3.63) is 146 Å². The number of hydrogen-bond donors (Lipinski definition) is 0. The van der Waals surface area contributed by atoms with Crippen LogP contribution in [0.25, 0.3) is 0 Å². The second-order valence-electron chi connectivity index (χ2n) is 6.98. The van der Waals surface area contributed by atoms with Crippen molar-refractivity contribution in [2.75, 3.05) is 0 Å². The molecule has 30 heavy (non-hydrogen) atoms. The molecule has 0 fully saturated rings. The van der Waals surface area contributed by atoms with E-state index in [9.17, 15) is 0 Å². The van der Waals surface area contributed by atoms with E-state index in [1.165, 1.54) is 12.5 Å². The first kappa shape index (κ1) is 22.5. The van der Waals surface area contributed by atoms with Crippen molar-refractivity contribution >= 4 is 33.7 Å². The van der Waals surface area contributed by atoms with E-state index in [0.29, 0.717) is 0 Å². The van der Waals surface area contributed by atoms with Crippen LogP contribution in [0.1, 0.15) is 0 Å². The molecule has 0 aromatic heterocycles. The van der Waals surface area contributed by atoms with Crippen molar-refractivity contribution < 1.29 is 17.1 Å². The summed E-state index contributed by atoms with van der Waals surface area (Å²) in [5.41, 5.74) is 0. The molecule has 5 rings (SSSR count). The molecular formula is C28H24FePb. The van der Waals surface area contributed by atoms with Gasteiger partial charge in [-0.05, 0) is 0 Å². The van der Waals surface area contributed by atoms with Gasteiger partial charge in [-0.25, -0.2) is 12.1 Å². The summed E-state index contributed by atoms with van der Waals surface area (Å²) in [7, 11) is 0. The van der Waals surface area contributed by atoms with Gasteiger partial charge in [-0.1, -0.05) is 0 Å². The van der Waals surface area contributed by atoms with Gasteiger partial charge in [0.15, 0.2) is 0 Å². The Morgan fingerprint density at radius 3 is 1.13 bits per heavy atom. The fourth-order valence-corrected chi connectivity index (χ4v) is 22.6. The van der Waals surface area contributed by atoms with Gasteiger partial charge in [-0.3, -0.25) is 0 Å². The van der Waals surface area contributed by atoms with Gasteiger partial charge in [0.1, 0.15) is 0 Å². The van der Waals surface area contributed by atoms with Crippen molar-refractivity contribution in [1.29, 1.82) is 0 Å². The van der Waals surface area contributed by atoms with E-state index in [1.807, 2.05) is 30.3 Å². The summed E-state index contributed by atoms with van der Waals surface area (Å²) < 4.78 is 6.04. The molecule has 0 saturated carbocycles. The predicted molar refractivity (Wildman–Crippen MR) is 128 cm³/mol. The third kappa shape index (κ3) is 4.75. The van der Waals surface area contributed by atoms with E-state index in [1.54, 1.807) is 0 Å². The van der Waals surface area contributed by atoms with E-state index >= 15 is 0 Å². The quantitative estimate of drug-likeness (QED) is 0.208. The number of rotatable bonds is 4. The van der Waals surface area contributed by atoms with Crippen LogP contribution in [-0.4, -0.2) is 21.2 Å². The number of benzene rings is 3. The summed E-state index contributed by atoms with van der Waals surface area (Å²) in [4.78, 5) is 0. The molecule has 0 radical (unpaired) electrons. The van der Waals surface area contributed by atoms with Crippen molar-refractivity contribution in [2.45, 2.75) is 0 Å². The maximum absolute atomic E-state index is 3.42. The molecule has 0 aliphatic carbocycles. The predicted octanol–water partition coefficient (Wildman–Crippen LogP) is 4.19. The molecule has 0 N–H and O–H groups in total. The van der Waals surface area contributed by atoms with E-state index in [4.69, 9.17) is 0 Å². The second kappa shape index (κ2) is 11.3. The topological polar surface area (TPSA) is 0 Å². The van der Waals surface area contributed by atoms with Crippen molar-refractivity contribution in [3.8, 4) is 0 Å². The van der Waals surface area contributed by atoms with Gasteiger partial charge < -0.3 is 0 Å². The molecule has 0 amide bonds. The van der Waals surface area contributed by atoms with Crippen LogP contribution in [0.4, 0.5) is 0 Å². The van der Waals surface area contributed by atoms with Crippen LogP contribution in [0.15, 0.2) is 146 Å². The first-order valence-electron chi connectivity index (χ1n) is 9.98. The molecule has 0 nitrogen and oxygen atoms in total. The zero-order chi connectivity index (χ0) is 19.8. The fourth-order valence-electron chi connectivity index (χ4n) is 4.01. The molecule has 0 spiro atoms. The SMILES string of the molecule is [Fe+2].c1cc[cH-]c1.c1cc[c]([Pb]([c]2ccccc2)([c]2ccccc2)[c-]2cccc2)cc1. The Morgan fingerprint density at radius 1 is 0.467 bits per heavy atom. The van der Waals surface area contributed by atoms with Gasteiger partial charge in [0, 0.05) is 0 Å². The Morgan fingerprint density at radius 2 is 0.833 bits per heavy atom. The summed E-state index contributed by atoms with van der Waals surface area (Å²) >= 11 is -3.42. The molecule has 0 aliphatic rings. The molecule has 0 saturated heterocycles. The van der Waals surface area contributed by atoms with Gasteiger partial charge in [0.2, 0.25) is 0 Å². The molecule has 0 atom stereocenters. The average Bonchev–Trinajstić information content (AvgIpc) is 3.54. The third-order valence-corrected chi connectivity index (χ3v) is 23.9. The Labute approximate surface area is 195 Å². The second-order valence-corrected chi connectivity index (χ2v) is 21.8. The summed E-state index contributed by atoms with van der Waals surface area (Å²) in [5, 5.41) is 0. The first-order chi connectivity index (χ1) is 14.4. The summed E-state index contributed by atoms with van der Waals surface area (Å²) in [6, 6.07) is 52.4. The minimum atomic E-state index is -3.42. The molecular weight excluding hydrogens is 599 g/mol. The molecule has 0 unspecified atom stereocenters. The van der Waals surface area contributed by atoms with Gasteiger partial charge in [-0.2, -0.15) is 18.2 Å². The van der Waals surface area contributed by atoms with Gasteiger partial charge in [0.05, 0.1) is 0 Å². The third-order valence-electron chi connectivity index (χ3n) is 5.27. The standard InChI is InChI=1S/3C6H5.C5H5.C5H4.Fe.Pb/c3*1-2-4-6-5-3-1;2*1-2-4-5-3-1;;/h3*1-5H;1-5H;1-4H;;/q;;;2*-1;+2;.